The van der Waals surface area contributed by atoms with Gasteiger partial charge in [-0.25, -0.2) is 8.78 Å². The van der Waals surface area contributed by atoms with Gasteiger partial charge in [0.1, 0.15) is 11.6 Å². The molecule has 1 aliphatic rings. The van der Waals surface area contributed by atoms with E-state index < -0.39 is 30.0 Å². The average molecular weight is 396 g/mol. The largest absolute Gasteiger partial charge is 0.494 e. The summed E-state index contributed by atoms with van der Waals surface area (Å²) in [7, 11) is -0.451. The molecule has 1 aliphatic heterocycles. The molecule has 0 aliphatic carbocycles. The molecule has 0 N–H and O–H groups in total. The fourth-order valence-corrected chi connectivity index (χ4v) is 3.11. The number of unbranched alkanes of at least 4 members (excludes halogenated alkanes) is 1. The van der Waals surface area contributed by atoms with E-state index in [1.54, 1.807) is 12.1 Å². The third kappa shape index (κ3) is 4.71. The molecule has 2 nitrogen and oxygen atoms in total. The Morgan fingerprint density at radius 2 is 1.45 bits per heavy atom. The Labute approximate surface area is 172 Å². The zero-order chi connectivity index (χ0) is 21.2. The van der Waals surface area contributed by atoms with Crippen LogP contribution in [-0.4, -0.2) is 18.3 Å². The highest BCUT2D eigenvalue weighted by molar-refractivity contribution is 6.62. The highest BCUT2D eigenvalue weighted by Gasteiger charge is 2.51. The van der Waals surface area contributed by atoms with Gasteiger partial charge in [0.25, 0.3) is 0 Å². The molecule has 3 rings (SSSR count). The van der Waals surface area contributed by atoms with E-state index in [4.69, 9.17) is 9.31 Å². The number of benzene rings is 2. The van der Waals surface area contributed by atoms with E-state index in [1.807, 2.05) is 46.8 Å². The maximum atomic E-state index is 14.3. The minimum absolute atomic E-state index is 0.194. The molecule has 0 amide bonds. The zero-order valence-corrected chi connectivity index (χ0v) is 17.7. The van der Waals surface area contributed by atoms with Crippen LogP contribution < -0.4 is 5.46 Å². The van der Waals surface area contributed by atoms with Crippen molar-refractivity contribution >= 4 is 12.6 Å². The second kappa shape index (κ2) is 8.30. The summed E-state index contributed by atoms with van der Waals surface area (Å²) in [5.41, 5.74) is 1.20. The molecule has 0 radical (unpaired) electrons. The normalized spacial score (nSPS) is 17.1. The lowest BCUT2D eigenvalue weighted by molar-refractivity contribution is 0.00578. The lowest BCUT2D eigenvalue weighted by Gasteiger charge is -2.32. The third-order valence-corrected chi connectivity index (χ3v) is 5.69. The topological polar surface area (TPSA) is 18.5 Å². The molecule has 1 heterocycles. The van der Waals surface area contributed by atoms with Crippen molar-refractivity contribution in [2.45, 2.75) is 65.1 Å². The zero-order valence-electron chi connectivity index (χ0n) is 17.7. The average Bonchev–Trinajstić information content (AvgIpc) is 2.87. The van der Waals surface area contributed by atoms with Gasteiger partial charge in [-0.1, -0.05) is 37.3 Å². The van der Waals surface area contributed by atoms with Crippen LogP contribution >= 0.6 is 0 Å². The van der Waals surface area contributed by atoms with Crippen LogP contribution in [-0.2, 0) is 15.7 Å². The summed E-state index contributed by atoms with van der Waals surface area (Å²) in [6, 6.07) is 10.1. The number of aryl methyl sites for hydroxylation is 1. The monoisotopic (exact) mass is 396 g/mol. The van der Waals surface area contributed by atoms with Gasteiger partial charge in [0.15, 0.2) is 0 Å². The summed E-state index contributed by atoms with van der Waals surface area (Å²) in [5.74, 6) is 4.25. The van der Waals surface area contributed by atoms with Crippen LogP contribution in [0.5, 0.6) is 0 Å². The molecule has 0 spiro atoms. The van der Waals surface area contributed by atoms with E-state index in [-0.39, 0.29) is 5.56 Å². The highest BCUT2D eigenvalue weighted by atomic mass is 19.1. The smallest absolute Gasteiger partial charge is 0.399 e. The molecule has 0 aromatic heterocycles. The summed E-state index contributed by atoms with van der Waals surface area (Å²) < 4.78 is 40.6. The molecule has 0 unspecified atom stereocenters. The first-order valence-electron chi connectivity index (χ1n) is 10.1. The second-order valence-electron chi connectivity index (χ2n) is 8.50. The molecule has 5 heteroatoms. The quantitative estimate of drug-likeness (QED) is 0.535. The Bertz CT molecular complexity index is 901. The Morgan fingerprint density at radius 1 is 0.897 bits per heavy atom. The molecule has 2 aromatic rings. The van der Waals surface area contributed by atoms with Crippen LogP contribution in [0.15, 0.2) is 36.4 Å². The summed E-state index contributed by atoms with van der Waals surface area (Å²) >= 11 is 0. The van der Waals surface area contributed by atoms with Gasteiger partial charge in [0.2, 0.25) is 0 Å². The van der Waals surface area contributed by atoms with Crippen molar-refractivity contribution in [3.8, 4) is 11.8 Å². The Hall–Kier alpha value is -2.16. The Balaban J connectivity index is 1.76. The van der Waals surface area contributed by atoms with Crippen molar-refractivity contribution in [2.75, 3.05) is 0 Å². The fraction of sp³-hybridized carbons (Fsp3) is 0.417. The van der Waals surface area contributed by atoms with Gasteiger partial charge in [0, 0.05) is 5.56 Å². The summed E-state index contributed by atoms with van der Waals surface area (Å²) in [6.45, 7) is 10.1. The number of halogens is 2. The van der Waals surface area contributed by atoms with Gasteiger partial charge < -0.3 is 9.31 Å². The van der Waals surface area contributed by atoms with Gasteiger partial charge in [-0.15, -0.1) is 0 Å². The van der Waals surface area contributed by atoms with Crippen molar-refractivity contribution in [1.82, 2.24) is 0 Å². The van der Waals surface area contributed by atoms with E-state index in [0.717, 1.165) is 18.3 Å². The predicted molar refractivity (Wildman–Crippen MR) is 113 cm³/mol. The fourth-order valence-electron chi connectivity index (χ4n) is 3.11. The van der Waals surface area contributed by atoms with Crippen LogP contribution in [0.3, 0.4) is 0 Å². The maximum Gasteiger partial charge on any atom is 0.494 e. The van der Waals surface area contributed by atoms with E-state index in [0.29, 0.717) is 17.5 Å². The van der Waals surface area contributed by atoms with Crippen LogP contribution in [0.4, 0.5) is 8.78 Å². The molecule has 0 atom stereocenters. The van der Waals surface area contributed by atoms with E-state index in [2.05, 4.69) is 11.8 Å². The van der Waals surface area contributed by atoms with Crippen LogP contribution in [0.2, 0.25) is 0 Å². The van der Waals surface area contributed by atoms with E-state index >= 15 is 0 Å². The van der Waals surface area contributed by atoms with Crippen LogP contribution in [0, 0.1) is 23.5 Å². The van der Waals surface area contributed by atoms with E-state index in [9.17, 15) is 8.78 Å². The third-order valence-electron chi connectivity index (χ3n) is 5.69. The lowest BCUT2D eigenvalue weighted by Crippen LogP contribution is -2.41. The lowest BCUT2D eigenvalue weighted by atomic mass is 9.79. The molecule has 1 saturated heterocycles. The van der Waals surface area contributed by atoms with E-state index in [1.165, 1.54) is 12.1 Å². The predicted octanol–water partition coefficient (Wildman–Crippen LogP) is 5.01. The summed E-state index contributed by atoms with van der Waals surface area (Å²) in [5, 5.41) is 0. The Kier molecular flexibility index (Phi) is 6.17. The van der Waals surface area contributed by atoms with Gasteiger partial charge in [-0.3, -0.25) is 0 Å². The standard InChI is InChI=1S/C24H27BF2O2/c1-6-7-8-18-15-21(26)20(22(27)16-18)14-11-17-9-12-19(13-10-17)25-28-23(2,3)24(4,5)29-25/h9-10,12-13,15-16H,6-8H2,1-5H3. The van der Waals surface area contributed by atoms with Crippen LogP contribution in [0.25, 0.3) is 0 Å². The molecular weight excluding hydrogens is 369 g/mol. The second-order valence-corrected chi connectivity index (χ2v) is 8.50. The van der Waals surface area contributed by atoms with Gasteiger partial charge in [-0.2, -0.15) is 0 Å². The van der Waals surface area contributed by atoms with Gasteiger partial charge >= 0.3 is 7.12 Å². The van der Waals surface area contributed by atoms with Crippen molar-refractivity contribution in [3.05, 3.63) is 64.7 Å². The highest BCUT2D eigenvalue weighted by Crippen LogP contribution is 2.36. The molecule has 2 aromatic carbocycles. The van der Waals surface area contributed by atoms with Crippen molar-refractivity contribution in [1.29, 1.82) is 0 Å². The van der Waals surface area contributed by atoms with Gasteiger partial charge in [-0.05, 0) is 75.8 Å². The first-order chi connectivity index (χ1) is 13.6. The maximum absolute atomic E-state index is 14.3. The molecule has 0 saturated carbocycles. The first-order valence-corrected chi connectivity index (χ1v) is 10.1. The van der Waals surface area contributed by atoms with Gasteiger partial charge in [0.05, 0.1) is 16.8 Å². The van der Waals surface area contributed by atoms with Crippen molar-refractivity contribution in [2.24, 2.45) is 0 Å². The first kappa shape index (κ1) is 21.6. The van der Waals surface area contributed by atoms with Crippen molar-refractivity contribution in [3.63, 3.8) is 0 Å². The minimum Gasteiger partial charge on any atom is -0.399 e. The number of hydrogen-bond donors (Lipinski definition) is 0. The summed E-state index contributed by atoms with van der Waals surface area (Å²) in [6.07, 6.45) is 2.55. The summed E-state index contributed by atoms with van der Waals surface area (Å²) in [4.78, 5) is 0. The number of rotatable bonds is 4. The minimum atomic E-state index is -0.613. The molecule has 1 fully saturated rings. The SMILES string of the molecule is CCCCc1cc(F)c(C#Cc2ccc(B3OC(C)(C)C(C)(C)O3)cc2)c(F)c1. The molecule has 29 heavy (non-hydrogen) atoms. The molecule has 152 valence electrons. The molecule has 0 bridgehead atoms. The molecular formula is C24H27BF2O2. The Morgan fingerprint density at radius 3 is 1.97 bits per heavy atom. The van der Waals surface area contributed by atoms with Crippen LogP contribution in [0.1, 0.15) is 64.2 Å². The number of hydrogen-bond acceptors (Lipinski definition) is 2. The van der Waals surface area contributed by atoms with Crippen molar-refractivity contribution < 1.29 is 18.1 Å².